The van der Waals surface area contributed by atoms with E-state index in [0.29, 0.717) is 13.0 Å². The zero-order chi connectivity index (χ0) is 14.4. The second-order valence-electron chi connectivity index (χ2n) is 4.63. The fraction of sp³-hybridized carbons (Fsp3) is 0.357. The number of nitrogens with two attached hydrogens (primary N) is 1. The lowest BCUT2D eigenvalue weighted by Gasteiger charge is -2.06. The molecule has 2 rings (SSSR count). The summed E-state index contributed by atoms with van der Waals surface area (Å²) in [6.45, 7) is 0.558. The minimum atomic E-state index is -3.34. The molecule has 0 unspecified atom stereocenters. The Morgan fingerprint density at radius 3 is 2.80 bits per heavy atom. The molecule has 6 heteroatoms. The zero-order valence-electron chi connectivity index (χ0n) is 11.2. The number of primary sulfonamides is 1. The number of aromatic nitrogens is 1. The van der Waals surface area contributed by atoms with Crippen LogP contribution in [0.1, 0.15) is 19.3 Å². The number of pyridine rings is 1. The van der Waals surface area contributed by atoms with Crippen LogP contribution in [-0.2, 0) is 10.0 Å². The van der Waals surface area contributed by atoms with Gasteiger partial charge in [0.25, 0.3) is 0 Å². The predicted molar refractivity (Wildman–Crippen MR) is 79.1 cm³/mol. The first-order valence-corrected chi connectivity index (χ1v) is 8.24. The highest BCUT2D eigenvalue weighted by Crippen LogP contribution is 2.18. The van der Waals surface area contributed by atoms with Crippen molar-refractivity contribution >= 4 is 20.9 Å². The molecule has 1 aromatic heterocycles. The van der Waals surface area contributed by atoms with Crippen LogP contribution in [-0.4, -0.2) is 25.8 Å². The number of unbranched alkanes of at least 4 members (excludes halogenated alkanes) is 2. The predicted octanol–water partition coefficient (Wildman–Crippen LogP) is 2.07. The van der Waals surface area contributed by atoms with E-state index < -0.39 is 10.0 Å². The summed E-state index contributed by atoms with van der Waals surface area (Å²) in [6.07, 6.45) is 3.90. The second kappa shape index (κ2) is 6.67. The molecule has 0 atom stereocenters. The molecule has 0 saturated heterocycles. The van der Waals surface area contributed by atoms with Gasteiger partial charge >= 0.3 is 0 Å². The third-order valence-electron chi connectivity index (χ3n) is 2.92. The van der Waals surface area contributed by atoms with E-state index in [2.05, 4.69) is 4.98 Å². The van der Waals surface area contributed by atoms with Crippen molar-refractivity contribution in [3.8, 4) is 5.75 Å². The first-order valence-electron chi connectivity index (χ1n) is 6.53. The Bertz CT molecular complexity index is 671. The van der Waals surface area contributed by atoms with E-state index in [1.165, 1.54) is 0 Å². The smallest absolute Gasteiger partial charge is 0.209 e. The average Bonchev–Trinajstić information content (AvgIpc) is 2.41. The molecule has 0 amide bonds. The van der Waals surface area contributed by atoms with Crippen LogP contribution in [0, 0.1) is 0 Å². The van der Waals surface area contributed by atoms with Crippen LogP contribution >= 0.6 is 0 Å². The molecule has 0 aliphatic carbocycles. The molecule has 5 nitrogen and oxygen atoms in total. The van der Waals surface area contributed by atoms with Gasteiger partial charge < -0.3 is 4.74 Å². The number of nitrogens with zero attached hydrogens (tertiary/aromatic N) is 1. The van der Waals surface area contributed by atoms with E-state index in [0.717, 1.165) is 29.5 Å². The average molecular weight is 294 g/mol. The van der Waals surface area contributed by atoms with Crippen molar-refractivity contribution in [2.24, 2.45) is 5.14 Å². The van der Waals surface area contributed by atoms with Gasteiger partial charge in [-0.25, -0.2) is 13.6 Å². The van der Waals surface area contributed by atoms with Crippen LogP contribution in [0.2, 0.25) is 0 Å². The summed E-state index contributed by atoms with van der Waals surface area (Å²) in [4.78, 5) is 4.27. The number of benzene rings is 1. The van der Waals surface area contributed by atoms with Crippen molar-refractivity contribution in [3.63, 3.8) is 0 Å². The van der Waals surface area contributed by atoms with Gasteiger partial charge in [0.1, 0.15) is 5.75 Å². The Hall–Kier alpha value is -1.66. The van der Waals surface area contributed by atoms with Crippen molar-refractivity contribution in [2.45, 2.75) is 19.3 Å². The Balaban J connectivity index is 1.76. The number of sulfonamides is 1. The molecule has 0 saturated carbocycles. The summed E-state index contributed by atoms with van der Waals surface area (Å²) < 4.78 is 27.1. The summed E-state index contributed by atoms with van der Waals surface area (Å²) >= 11 is 0. The van der Waals surface area contributed by atoms with Gasteiger partial charge in [-0.1, -0.05) is 6.07 Å². The summed E-state index contributed by atoms with van der Waals surface area (Å²) in [5.74, 6) is 0.815. The molecule has 0 aliphatic heterocycles. The first kappa shape index (κ1) is 14.7. The standard InChI is InChI=1S/C14H18N2O3S/c15-20(17,18)10-3-1-2-9-19-13-7-6-12-5-4-8-16-14(12)11-13/h4-8,11H,1-3,9-10H2,(H2,15,17,18). The van der Waals surface area contributed by atoms with Crippen LogP contribution < -0.4 is 9.88 Å². The maximum Gasteiger partial charge on any atom is 0.209 e. The Morgan fingerprint density at radius 1 is 1.15 bits per heavy atom. The molecule has 1 aromatic carbocycles. The topological polar surface area (TPSA) is 82.3 Å². The maximum absolute atomic E-state index is 10.7. The van der Waals surface area contributed by atoms with Gasteiger partial charge in [0.05, 0.1) is 17.9 Å². The quantitative estimate of drug-likeness (QED) is 0.792. The molecule has 2 N–H and O–H groups in total. The van der Waals surface area contributed by atoms with Crippen molar-refractivity contribution in [1.29, 1.82) is 0 Å². The number of fused-ring (bicyclic) bond motifs is 1. The normalized spacial score (nSPS) is 11.7. The zero-order valence-corrected chi connectivity index (χ0v) is 12.0. The minimum Gasteiger partial charge on any atom is -0.494 e. The highest BCUT2D eigenvalue weighted by molar-refractivity contribution is 7.89. The number of hydrogen-bond acceptors (Lipinski definition) is 4. The van der Waals surface area contributed by atoms with Crippen molar-refractivity contribution in [1.82, 2.24) is 4.98 Å². The Morgan fingerprint density at radius 2 is 2.00 bits per heavy atom. The lowest BCUT2D eigenvalue weighted by Crippen LogP contribution is -2.16. The van der Waals surface area contributed by atoms with E-state index in [4.69, 9.17) is 9.88 Å². The number of ether oxygens (including phenoxy) is 1. The molecule has 0 radical (unpaired) electrons. The van der Waals surface area contributed by atoms with Crippen molar-refractivity contribution in [3.05, 3.63) is 36.5 Å². The van der Waals surface area contributed by atoms with Crippen molar-refractivity contribution in [2.75, 3.05) is 12.4 Å². The van der Waals surface area contributed by atoms with Crippen LogP contribution in [0.25, 0.3) is 10.9 Å². The number of rotatable bonds is 7. The lowest BCUT2D eigenvalue weighted by atomic mass is 10.2. The number of hydrogen-bond donors (Lipinski definition) is 1. The first-order chi connectivity index (χ1) is 9.54. The molecule has 2 aromatic rings. The highest BCUT2D eigenvalue weighted by Gasteiger charge is 2.02. The second-order valence-corrected chi connectivity index (χ2v) is 6.37. The van der Waals surface area contributed by atoms with Gasteiger partial charge in [-0.2, -0.15) is 0 Å². The van der Waals surface area contributed by atoms with Gasteiger partial charge in [-0.05, 0) is 37.5 Å². The summed E-state index contributed by atoms with van der Waals surface area (Å²) in [7, 11) is -3.34. The van der Waals surface area contributed by atoms with Crippen LogP contribution in [0.3, 0.4) is 0 Å². The molecule has 20 heavy (non-hydrogen) atoms. The van der Waals surface area contributed by atoms with Gasteiger partial charge in [-0.15, -0.1) is 0 Å². The Kier molecular flexibility index (Phi) is 4.92. The fourth-order valence-corrected chi connectivity index (χ4v) is 2.51. The minimum absolute atomic E-state index is 0.0346. The lowest BCUT2D eigenvalue weighted by molar-refractivity contribution is 0.306. The maximum atomic E-state index is 10.7. The molecular formula is C14H18N2O3S. The molecule has 1 heterocycles. The third kappa shape index (κ3) is 4.79. The largest absolute Gasteiger partial charge is 0.494 e. The van der Waals surface area contributed by atoms with E-state index in [9.17, 15) is 8.42 Å². The monoisotopic (exact) mass is 294 g/mol. The molecule has 0 bridgehead atoms. The molecular weight excluding hydrogens is 276 g/mol. The van der Waals surface area contributed by atoms with Crippen LogP contribution in [0.15, 0.2) is 36.5 Å². The van der Waals surface area contributed by atoms with E-state index >= 15 is 0 Å². The van der Waals surface area contributed by atoms with Gasteiger partial charge in [0.15, 0.2) is 0 Å². The van der Waals surface area contributed by atoms with E-state index in [-0.39, 0.29) is 5.75 Å². The van der Waals surface area contributed by atoms with Gasteiger partial charge in [0, 0.05) is 17.6 Å². The third-order valence-corrected chi connectivity index (χ3v) is 3.78. The van der Waals surface area contributed by atoms with Crippen LogP contribution in [0.4, 0.5) is 0 Å². The molecule has 108 valence electrons. The van der Waals surface area contributed by atoms with Crippen LogP contribution in [0.5, 0.6) is 5.75 Å². The molecule has 0 fully saturated rings. The molecule has 0 aliphatic rings. The van der Waals surface area contributed by atoms with E-state index in [1.54, 1.807) is 6.20 Å². The summed E-state index contributed by atoms with van der Waals surface area (Å²) in [5.41, 5.74) is 0.902. The van der Waals surface area contributed by atoms with Gasteiger partial charge in [-0.3, -0.25) is 4.98 Å². The summed E-state index contributed by atoms with van der Waals surface area (Å²) in [5, 5.41) is 6.00. The SMILES string of the molecule is NS(=O)(=O)CCCCCOc1ccc2cccnc2c1. The highest BCUT2D eigenvalue weighted by atomic mass is 32.2. The van der Waals surface area contributed by atoms with E-state index in [1.807, 2.05) is 30.3 Å². The molecule has 0 spiro atoms. The Labute approximate surface area is 118 Å². The van der Waals surface area contributed by atoms with Crippen molar-refractivity contribution < 1.29 is 13.2 Å². The summed E-state index contributed by atoms with van der Waals surface area (Å²) in [6, 6.07) is 9.68. The van der Waals surface area contributed by atoms with Gasteiger partial charge in [0.2, 0.25) is 10.0 Å². The fourth-order valence-electron chi connectivity index (χ4n) is 1.91.